The number of ether oxygens (including phenoxy) is 1. The van der Waals surface area contributed by atoms with Crippen LogP contribution in [0.25, 0.3) is 0 Å². The second-order valence-corrected chi connectivity index (χ2v) is 5.66. The van der Waals surface area contributed by atoms with Crippen LogP contribution in [0.1, 0.15) is 39.8 Å². The zero-order chi connectivity index (χ0) is 13.6. The van der Waals surface area contributed by atoms with E-state index in [0.29, 0.717) is 6.04 Å². The van der Waals surface area contributed by atoms with Crippen molar-refractivity contribution < 1.29 is 4.74 Å². The molecule has 0 spiro atoms. The van der Waals surface area contributed by atoms with Gasteiger partial charge in [0.05, 0.1) is 12.2 Å². The summed E-state index contributed by atoms with van der Waals surface area (Å²) in [6.45, 7) is 10.2. The van der Waals surface area contributed by atoms with Crippen LogP contribution in [0.4, 0.5) is 0 Å². The Morgan fingerprint density at radius 2 is 2.17 bits per heavy atom. The Hall–Kier alpha value is -0.870. The number of likely N-dealkylation sites (N-methyl/N-ethyl adjacent to an activating group) is 1. The molecule has 4 heteroatoms. The first-order valence-corrected chi connectivity index (χ1v) is 6.76. The number of nitrogens with zero attached hydrogens (tertiary/aromatic N) is 2. The van der Waals surface area contributed by atoms with Gasteiger partial charge in [0.15, 0.2) is 0 Å². The predicted octanol–water partition coefficient (Wildman–Crippen LogP) is 2.15. The Labute approximate surface area is 111 Å². The smallest absolute Gasteiger partial charge is 0.0626 e. The number of rotatable bonds is 7. The minimum Gasteiger partial charge on any atom is -0.374 e. The number of nitrogens with one attached hydrogen (secondary N) is 1. The summed E-state index contributed by atoms with van der Waals surface area (Å²) in [5.41, 5.74) is 1.20. The highest BCUT2D eigenvalue weighted by molar-refractivity contribution is 5.00. The molecular weight excluding hydrogens is 226 g/mol. The molecule has 1 rings (SSSR count). The molecule has 0 radical (unpaired) electrons. The van der Waals surface area contributed by atoms with Crippen molar-refractivity contribution in [2.75, 3.05) is 13.2 Å². The van der Waals surface area contributed by atoms with Crippen LogP contribution in [-0.4, -0.2) is 34.6 Å². The molecule has 0 fully saturated rings. The van der Waals surface area contributed by atoms with Crippen molar-refractivity contribution in [1.82, 2.24) is 15.1 Å². The molecule has 4 nitrogen and oxygen atoms in total. The zero-order valence-corrected chi connectivity index (χ0v) is 12.4. The van der Waals surface area contributed by atoms with Gasteiger partial charge in [0.2, 0.25) is 0 Å². The highest BCUT2D eigenvalue weighted by Gasteiger charge is 2.15. The van der Waals surface area contributed by atoms with Crippen LogP contribution in [0.5, 0.6) is 0 Å². The van der Waals surface area contributed by atoms with E-state index in [1.165, 1.54) is 5.69 Å². The number of hydrogen-bond acceptors (Lipinski definition) is 3. The molecule has 18 heavy (non-hydrogen) atoms. The summed E-state index contributed by atoms with van der Waals surface area (Å²) in [5, 5.41) is 7.67. The van der Waals surface area contributed by atoms with Gasteiger partial charge in [-0.15, -0.1) is 0 Å². The first kappa shape index (κ1) is 15.2. The topological polar surface area (TPSA) is 39.1 Å². The SMILES string of the molecule is CCNC(CCc1ccnn1C)COC(C)(C)C. The van der Waals surface area contributed by atoms with Gasteiger partial charge in [-0.2, -0.15) is 5.10 Å². The molecule has 1 aromatic heterocycles. The molecule has 1 heterocycles. The van der Waals surface area contributed by atoms with Gasteiger partial charge in [0.25, 0.3) is 0 Å². The third-order valence-corrected chi connectivity index (χ3v) is 2.88. The molecule has 0 saturated heterocycles. The Kier molecular flexibility index (Phi) is 5.82. The second-order valence-electron chi connectivity index (χ2n) is 5.66. The summed E-state index contributed by atoms with van der Waals surface area (Å²) in [5.74, 6) is 0. The average Bonchev–Trinajstić information content (AvgIpc) is 2.67. The summed E-state index contributed by atoms with van der Waals surface area (Å²) in [6, 6.07) is 2.48. The van der Waals surface area contributed by atoms with Crippen molar-refractivity contribution >= 4 is 0 Å². The van der Waals surface area contributed by atoms with Gasteiger partial charge in [-0.3, -0.25) is 4.68 Å². The fourth-order valence-corrected chi connectivity index (χ4v) is 1.85. The van der Waals surface area contributed by atoms with E-state index in [2.05, 4.69) is 44.2 Å². The molecule has 0 aromatic carbocycles. The van der Waals surface area contributed by atoms with E-state index in [4.69, 9.17) is 4.74 Å². The van der Waals surface area contributed by atoms with Gasteiger partial charge < -0.3 is 10.1 Å². The predicted molar refractivity (Wildman–Crippen MR) is 74.7 cm³/mol. The average molecular weight is 253 g/mol. The molecule has 0 aliphatic heterocycles. The van der Waals surface area contributed by atoms with Crippen molar-refractivity contribution in [2.24, 2.45) is 7.05 Å². The Bertz CT molecular complexity index is 341. The van der Waals surface area contributed by atoms with Gasteiger partial charge in [0.1, 0.15) is 0 Å². The van der Waals surface area contributed by atoms with E-state index in [9.17, 15) is 0 Å². The summed E-state index contributed by atoms with van der Waals surface area (Å²) in [4.78, 5) is 0. The summed E-state index contributed by atoms with van der Waals surface area (Å²) in [7, 11) is 1.99. The number of hydrogen-bond donors (Lipinski definition) is 1. The quantitative estimate of drug-likeness (QED) is 0.809. The zero-order valence-electron chi connectivity index (χ0n) is 12.4. The van der Waals surface area contributed by atoms with Crippen LogP contribution < -0.4 is 5.32 Å². The van der Waals surface area contributed by atoms with E-state index in [-0.39, 0.29) is 5.60 Å². The molecule has 104 valence electrons. The molecule has 0 aliphatic rings. The Morgan fingerprint density at radius 3 is 2.67 bits per heavy atom. The monoisotopic (exact) mass is 253 g/mol. The van der Waals surface area contributed by atoms with Crippen LogP contribution >= 0.6 is 0 Å². The second kappa shape index (κ2) is 6.90. The van der Waals surface area contributed by atoms with Crippen LogP contribution in [0.15, 0.2) is 12.3 Å². The largest absolute Gasteiger partial charge is 0.374 e. The third-order valence-electron chi connectivity index (χ3n) is 2.88. The number of aromatic nitrogens is 2. The van der Waals surface area contributed by atoms with Crippen LogP contribution in [-0.2, 0) is 18.2 Å². The maximum Gasteiger partial charge on any atom is 0.0626 e. The summed E-state index contributed by atoms with van der Waals surface area (Å²) >= 11 is 0. The van der Waals surface area contributed by atoms with E-state index in [1.807, 2.05) is 17.9 Å². The first-order valence-electron chi connectivity index (χ1n) is 6.76. The number of aryl methyl sites for hydroxylation is 2. The van der Waals surface area contributed by atoms with Crippen molar-refractivity contribution in [3.63, 3.8) is 0 Å². The minimum atomic E-state index is -0.0692. The maximum atomic E-state index is 5.86. The third kappa shape index (κ3) is 5.65. The molecule has 0 amide bonds. The maximum absolute atomic E-state index is 5.86. The molecule has 1 unspecified atom stereocenters. The van der Waals surface area contributed by atoms with Crippen LogP contribution in [0.2, 0.25) is 0 Å². The van der Waals surface area contributed by atoms with Crippen molar-refractivity contribution in [2.45, 2.75) is 52.2 Å². The van der Waals surface area contributed by atoms with Gasteiger partial charge in [-0.05, 0) is 46.2 Å². The molecule has 1 N–H and O–H groups in total. The van der Waals surface area contributed by atoms with E-state index in [1.54, 1.807) is 0 Å². The fourth-order valence-electron chi connectivity index (χ4n) is 1.85. The summed E-state index contributed by atoms with van der Waals surface area (Å²) < 4.78 is 7.80. The van der Waals surface area contributed by atoms with E-state index < -0.39 is 0 Å². The molecule has 1 atom stereocenters. The van der Waals surface area contributed by atoms with Gasteiger partial charge >= 0.3 is 0 Å². The lowest BCUT2D eigenvalue weighted by Gasteiger charge is -2.25. The van der Waals surface area contributed by atoms with Gasteiger partial charge in [0, 0.05) is 25.0 Å². The molecule has 0 bridgehead atoms. The normalized spacial score (nSPS) is 13.8. The van der Waals surface area contributed by atoms with Gasteiger partial charge in [-0.1, -0.05) is 6.92 Å². The van der Waals surface area contributed by atoms with Crippen molar-refractivity contribution in [1.29, 1.82) is 0 Å². The first-order chi connectivity index (χ1) is 8.42. The fraction of sp³-hybridized carbons (Fsp3) is 0.786. The molecular formula is C14H27N3O. The standard InChI is InChI=1S/C14H27N3O/c1-6-15-12(11-18-14(2,3)4)7-8-13-9-10-16-17(13)5/h9-10,12,15H,6-8,11H2,1-5H3. The van der Waals surface area contributed by atoms with Gasteiger partial charge in [-0.25, -0.2) is 0 Å². The molecule has 0 aliphatic carbocycles. The van der Waals surface area contributed by atoms with Crippen LogP contribution in [0, 0.1) is 0 Å². The van der Waals surface area contributed by atoms with Crippen LogP contribution in [0.3, 0.4) is 0 Å². The molecule has 1 aromatic rings. The lowest BCUT2D eigenvalue weighted by atomic mass is 10.1. The Balaban J connectivity index is 2.40. The molecule has 0 saturated carbocycles. The van der Waals surface area contributed by atoms with Crippen molar-refractivity contribution in [3.8, 4) is 0 Å². The van der Waals surface area contributed by atoms with E-state index in [0.717, 1.165) is 26.0 Å². The highest BCUT2D eigenvalue weighted by atomic mass is 16.5. The Morgan fingerprint density at radius 1 is 1.44 bits per heavy atom. The van der Waals surface area contributed by atoms with Crippen molar-refractivity contribution in [3.05, 3.63) is 18.0 Å². The highest BCUT2D eigenvalue weighted by Crippen LogP contribution is 2.10. The minimum absolute atomic E-state index is 0.0692. The lowest BCUT2D eigenvalue weighted by Crippen LogP contribution is -2.37. The summed E-state index contributed by atoms with van der Waals surface area (Å²) in [6.07, 6.45) is 3.95. The lowest BCUT2D eigenvalue weighted by molar-refractivity contribution is -0.0152. The van der Waals surface area contributed by atoms with E-state index >= 15 is 0 Å².